The molecule has 0 heterocycles. The Hall–Kier alpha value is -1.91. The second-order valence-electron chi connectivity index (χ2n) is 5.70. The van der Waals surface area contributed by atoms with Crippen molar-refractivity contribution in [1.82, 2.24) is 4.31 Å². The molecule has 1 atom stereocenters. The van der Waals surface area contributed by atoms with Crippen LogP contribution in [0.15, 0.2) is 23.1 Å². The summed E-state index contributed by atoms with van der Waals surface area (Å²) in [4.78, 5) is 11.2. The monoisotopic (exact) mass is 338 g/mol. The first-order valence-electron chi connectivity index (χ1n) is 7.42. The van der Waals surface area contributed by atoms with Crippen molar-refractivity contribution >= 4 is 16.0 Å². The van der Waals surface area contributed by atoms with Crippen LogP contribution < -0.4 is 0 Å². The lowest BCUT2D eigenvalue weighted by atomic mass is 10.0. The summed E-state index contributed by atoms with van der Waals surface area (Å²) in [5.41, 5.74) is 0.496. The van der Waals surface area contributed by atoms with Crippen molar-refractivity contribution in [3.8, 4) is 6.07 Å². The summed E-state index contributed by atoms with van der Waals surface area (Å²) < 4.78 is 27.1. The molecule has 1 aromatic rings. The number of aromatic carboxylic acids is 1. The molecule has 126 valence electrons. The molecule has 0 aromatic heterocycles. The number of nitrogens with zero attached hydrogens (tertiary/aromatic N) is 2. The Morgan fingerprint density at radius 2 is 1.96 bits per heavy atom. The topological polar surface area (TPSA) is 98.5 Å². The van der Waals surface area contributed by atoms with Crippen LogP contribution in [0, 0.1) is 17.2 Å². The molecule has 0 saturated carbocycles. The maximum atomic E-state index is 12.9. The predicted molar refractivity (Wildman–Crippen MR) is 86.7 cm³/mol. The van der Waals surface area contributed by atoms with E-state index in [0.717, 1.165) is 0 Å². The van der Waals surface area contributed by atoms with E-state index in [2.05, 4.69) is 0 Å². The van der Waals surface area contributed by atoms with E-state index in [4.69, 9.17) is 10.4 Å². The zero-order valence-electron chi connectivity index (χ0n) is 13.8. The van der Waals surface area contributed by atoms with Gasteiger partial charge in [-0.2, -0.15) is 9.57 Å². The van der Waals surface area contributed by atoms with Gasteiger partial charge in [0, 0.05) is 13.1 Å². The first kappa shape index (κ1) is 19.1. The van der Waals surface area contributed by atoms with Crippen LogP contribution in [0.25, 0.3) is 0 Å². The average molecular weight is 338 g/mol. The van der Waals surface area contributed by atoms with Gasteiger partial charge in [-0.15, -0.1) is 0 Å². The molecule has 0 amide bonds. The Kier molecular flexibility index (Phi) is 6.30. The third-order valence-corrected chi connectivity index (χ3v) is 5.55. The van der Waals surface area contributed by atoms with Gasteiger partial charge in [0.1, 0.15) is 0 Å². The minimum absolute atomic E-state index is 0.000565. The Morgan fingerprint density at radius 1 is 1.35 bits per heavy atom. The Bertz CT molecular complexity index is 720. The van der Waals surface area contributed by atoms with Crippen LogP contribution in [0.4, 0.5) is 0 Å². The first-order chi connectivity index (χ1) is 10.6. The number of hydrogen-bond donors (Lipinski definition) is 1. The fraction of sp³-hybridized carbons (Fsp3) is 0.500. The summed E-state index contributed by atoms with van der Waals surface area (Å²) in [5.74, 6) is -1.70. The van der Waals surface area contributed by atoms with Gasteiger partial charge in [0.25, 0.3) is 0 Å². The first-order valence-corrected chi connectivity index (χ1v) is 8.86. The molecule has 1 rings (SSSR count). The van der Waals surface area contributed by atoms with Gasteiger partial charge in [-0.05, 0) is 30.5 Å². The number of carbonyl (C=O) groups is 1. The highest BCUT2D eigenvalue weighted by Crippen LogP contribution is 2.28. The van der Waals surface area contributed by atoms with E-state index in [1.54, 1.807) is 19.9 Å². The lowest BCUT2D eigenvalue weighted by molar-refractivity contribution is 0.0696. The molecule has 6 nitrogen and oxygen atoms in total. The van der Waals surface area contributed by atoms with Crippen LogP contribution in [0.1, 0.15) is 49.5 Å². The lowest BCUT2D eigenvalue weighted by Gasteiger charge is -2.24. The third kappa shape index (κ3) is 4.30. The zero-order valence-corrected chi connectivity index (χ0v) is 14.6. The quantitative estimate of drug-likeness (QED) is 0.824. The largest absolute Gasteiger partial charge is 0.478 e. The van der Waals surface area contributed by atoms with E-state index in [-0.39, 0.29) is 29.5 Å². The van der Waals surface area contributed by atoms with Gasteiger partial charge in [-0.25, -0.2) is 13.2 Å². The number of benzene rings is 1. The molecule has 0 aliphatic heterocycles. The summed E-state index contributed by atoms with van der Waals surface area (Å²) in [6.07, 6.45) is 0. The summed E-state index contributed by atoms with van der Waals surface area (Å²) >= 11 is 0. The van der Waals surface area contributed by atoms with Crippen LogP contribution in [0.3, 0.4) is 0 Å². The smallest absolute Gasteiger partial charge is 0.335 e. The standard InChI is InChI=1S/C16H22N2O4S/c1-5-18(10-12(4)9-17)23(21,22)15-8-13(16(19)20)6-7-14(15)11(2)3/h6-8,11-12H,5,10H2,1-4H3,(H,19,20). The fourth-order valence-corrected chi connectivity index (χ4v) is 4.17. The number of carboxylic acids is 1. The van der Waals surface area contributed by atoms with Crippen molar-refractivity contribution in [2.45, 2.75) is 38.5 Å². The second kappa shape index (κ2) is 7.57. The maximum absolute atomic E-state index is 12.9. The van der Waals surface area contributed by atoms with Crippen molar-refractivity contribution in [2.24, 2.45) is 5.92 Å². The molecule has 0 saturated heterocycles. The van der Waals surface area contributed by atoms with Crippen LogP contribution in [-0.2, 0) is 10.0 Å². The summed E-state index contributed by atoms with van der Waals surface area (Å²) in [6, 6.07) is 6.17. The molecule has 0 bridgehead atoms. The molecule has 0 radical (unpaired) electrons. The number of sulfonamides is 1. The molecule has 1 unspecified atom stereocenters. The molecular formula is C16H22N2O4S. The van der Waals surface area contributed by atoms with Crippen molar-refractivity contribution in [2.75, 3.05) is 13.1 Å². The van der Waals surface area contributed by atoms with Gasteiger partial charge >= 0.3 is 5.97 Å². The van der Waals surface area contributed by atoms with Gasteiger partial charge in [0.05, 0.1) is 22.4 Å². The minimum Gasteiger partial charge on any atom is -0.478 e. The van der Waals surface area contributed by atoms with Crippen molar-refractivity contribution in [3.63, 3.8) is 0 Å². The number of nitriles is 1. The molecular weight excluding hydrogens is 316 g/mol. The van der Waals surface area contributed by atoms with Crippen LogP contribution in [0.5, 0.6) is 0 Å². The minimum atomic E-state index is -3.87. The van der Waals surface area contributed by atoms with E-state index in [0.29, 0.717) is 5.56 Å². The molecule has 0 spiro atoms. The van der Waals surface area contributed by atoms with E-state index in [1.165, 1.54) is 16.4 Å². The molecule has 0 fully saturated rings. The number of rotatable bonds is 7. The van der Waals surface area contributed by atoms with Gasteiger partial charge in [-0.1, -0.05) is 26.8 Å². The summed E-state index contributed by atoms with van der Waals surface area (Å²) in [6.45, 7) is 7.33. The van der Waals surface area contributed by atoms with E-state index in [9.17, 15) is 13.2 Å². The van der Waals surface area contributed by atoms with Gasteiger partial charge < -0.3 is 5.11 Å². The van der Waals surface area contributed by atoms with Gasteiger partial charge in [0.2, 0.25) is 10.0 Å². The highest BCUT2D eigenvalue weighted by Gasteiger charge is 2.28. The second-order valence-corrected chi connectivity index (χ2v) is 7.60. The van der Waals surface area contributed by atoms with Crippen LogP contribution in [0.2, 0.25) is 0 Å². The van der Waals surface area contributed by atoms with Crippen LogP contribution in [-0.4, -0.2) is 36.9 Å². The SMILES string of the molecule is CCN(CC(C)C#N)S(=O)(=O)c1cc(C(=O)O)ccc1C(C)C. The molecule has 1 aromatic carbocycles. The molecule has 0 aliphatic rings. The number of carboxylic acid groups (broad SMARTS) is 1. The molecule has 23 heavy (non-hydrogen) atoms. The molecule has 1 N–H and O–H groups in total. The number of hydrogen-bond acceptors (Lipinski definition) is 4. The van der Waals surface area contributed by atoms with E-state index < -0.39 is 21.9 Å². The van der Waals surface area contributed by atoms with E-state index in [1.807, 2.05) is 19.9 Å². The van der Waals surface area contributed by atoms with Gasteiger partial charge in [-0.3, -0.25) is 0 Å². The third-order valence-electron chi connectivity index (χ3n) is 3.55. The van der Waals surface area contributed by atoms with Gasteiger partial charge in [0.15, 0.2) is 0 Å². The van der Waals surface area contributed by atoms with Crippen molar-refractivity contribution < 1.29 is 18.3 Å². The normalized spacial score (nSPS) is 13.1. The molecule has 0 aliphatic carbocycles. The highest BCUT2D eigenvalue weighted by atomic mass is 32.2. The highest BCUT2D eigenvalue weighted by molar-refractivity contribution is 7.89. The molecule has 7 heteroatoms. The maximum Gasteiger partial charge on any atom is 0.335 e. The Morgan fingerprint density at radius 3 is 2.39 bits per heavy atom. The van der Waals surface area contributed by atoms with Crippen molar-refractivity contribution in [3.05, 3.63) is 29.3 Å². The Labute approximate surface area is 137 Å². The predicted octanol–water partition coefficient (Wildman–Crippen LogP) is 2.68. The zero-order chi connectivity index (χ0) is 17.8. The summed E-state index contributed by atoms with van der Waals surface area (Å²) in [7, 11) is -3.87. The summed E-state index contributed by atoms with van der Waals surface area (Å²) in [5, 5.41) is 18.1. The fourth-order valence-electron chi connectivity index (χ4n) is 2.25. The van der Waals surface area contributed by atoms with Crippen LogP contribution >= 0.6 is 0 Å². The van der Waals surface area contributed by atoms with Crippen molar-refractivity contribution in [1.29, 1.82) is 5.26 Å². The lowest BCUT2D eigenvalue weighted by Crippen LogP contribution is -2.35. The Balaban J connectivity index is 3.48. The van der Waals surface area contributed by atoms with E-state index >= 15 is 0 Å². The average Bonchev–Trinajstić information content (AvgIpc) is 2.51.